The highest BCUT2D eigenvalue weighted by Crippen LogP contribution is 2.60. The summed E-state index contributed by atoms with van der Waals surface area (Å²) in [6, 6.07) is 21.9. The Bertz CT molecular complexity index is 1180. The van der Waals surface area contributed by atoms with Gasteiger partial charge in [-0.1, -0.05) is 98.7 Å². The van der Waals surface area contributed by atoms with Crippen LogP contribution in [-0.4, -0.2) is 5.60 Å². The number of fused-ring (bicyclic) bond motifs is 3. The van der Waals surface area contributed by atoms with Crippen LogP contribution in [0.3, 0.4) is 0 Å². The Kier molecular flexibility index (Phi) is 4.35. The summed E-state index contributed by atoms with van der Waals surface area (Å²) in [7, 11) is 0. The molecule has 3 aromatic rings. The molecular formula is C30H30O. The van der Waals surface area contributed by atoms with Gasteiger partial charge in [0.1, 0.15) is 11.4 Å². The lowest BCUT2D eigenvalue weighted by atomic mass is 9.52. The van der Waals surface area contributed by atoms with Gasteiger partial charge in [-0.25, -0.2) is 0 Å². The molecule has 3 aliphatic rings. The molecule has 1 saturated carbocycles. The Morgan fingerprint density at radius 3 is 2.74 bits per heavy atom. The molecule has 0 amide bonds. The number of ether oxygens (including phenoxy) is 1. The van der Waals surface area contributed by atoms with E-state index in [-0.39, 0.29) is 11.0 Å². The van der Waals surface area contributed by atoms with Crippen molar-refractivity contribution in [2.24, 2.45) is 11.3 Å². The molecule has 0 radical (unpaired) electrons. The highest BCUT2D eigenvalue weighted by Gasteiger charge is 2.58. The summed E-state index contributed by atoms with van der Waals surface area (Å²) in [6.45, 7) is 2.33. The average molecular weight is 407 g/mol. The van der Waals surface area contributed by atoms with Gasteiger partial charge in [-0.05, 0) is 48.3 Å². The van der Waals surface area contributed by atoms with E-state index in [1.54, 1.807) is 0 Å². The number of hydrogen-bond donors (Lipinski definition) is 0. The number of allylic oxidation sites excluding steroid dienone is 1. The predicted molar refractivity (Wildman–Crippen MR) is 130 cm³/mol. The van der Waals surface area contributed by atoms with Crippen LogP contribution in [0, 0.1) is 11.3 Å². The summed E-state index contributed by atoms with van der Waals surface area (Å²) in [5.74, 6) is 1.55. The molecule has 0 N–H and O–H groups in total. The van der Waals surface area contributed by atoms with E-state index < -0.39 is 0 Å². The van der Waals surface area contributed by atoms with E-state index in [9.17, 15) is 0 Å². The van der Waals surface area contributed by atoms with Crippen LogP contribution in [0.4, 0.5) is 0 Å². The van der Waals surface area contributed by atoms with Crippen LogP contribution in [0.5, 0.6) is 5.75 Å². The number of rotatable bonds is 3. The third kappa shape index (κ3) is 2.69. The largest absolute Gasteiger partial charge is 0.481 e. The Balaban J connectivity index is 1.54. The Morgan fingerprint density at radius 1 is 0.968 bits per heavy atom. The third-order valence-corrected chi connectivity index (χ3v) is 8.06. The van der Waals surface area contributed by atoms with Gasteiger partial charge in [0.25, 0.3) is 0 Å². The van der Waals surface area contributed by atoms with Gasteiger partial charge >= 0.3 is 0 Å². The summed E-state index contributed by atoms with van der Waals surface area (Å²) >= 11 is 0. The van der Waals surface area contributed by atoms with Gasteiger partial charge in [-0.2, -0.15) is 0 Å². The number of benzene rings is 3. The fourth-order valence-electron chi connectivity index (χ4n) is 6.69. The second-order valence-electron chi connectivity index (χ2n) is 9.64. The van der Waals surface area contributed by atoms with E-state index in [0.717, 1.165) is 12.2 Å². The molecule has 3 unspecified atom stereocenters. The summed E-state index contributed by atoms with van der Waals surface area (Å²) in [6.07, 6.45) is 17.1. The first-order valence-electron chi connectivity index (χ1n) is 11.9. The third-order valence-electron chi connectivity index (χ3n) is 8.06. The molecule has 156 valence electrons. The highest BCUT2D eigenvalue weighted by atomic mass is 16.5. The van der Waals surface area contributed by atoms with Crippen molar-refractivity contribution in [2.75, 3.05) is 0 Å². The van der Waals surface area contributed by atoms with Crippen molar-refractivity contribution in [2.45, 2.75) is 51.0 Å². The zero-order chi connectivity index (χ0) is 20.9. The highest BCUT2D eigenvalue weighted by molar-refractivity contribution is 6.01. The molecule has 1 heterocycles. The maximum Gasteiger partial charge on any atom is 0.140 e. The van der Waals surface area contributed by atoms with Crippen LogP contribution in [-0.2, 0) is 0 Å². The quantitative estimate of drug-likeness (QED) is 0.398. The first kappa shape index (κ1) is 18.9. The maximum atomic E-state index is 7.25. The molecule has 1 nitrogen and oxygen atoms in total. The molecule has 3 aromatic carbocycles. The van der Waals surface area contributed by atoms with Crippen molar-refractivity contribution in [3.05, 3.63) is 84.5 Å². The van der Waals surface area contributed by atoms with Gasteiger partial charge in [-0.15, -0.1) is 0 Å². The molecule has 1 aliphatic heterocycles. The topological polar surface area (TPSA) is 9.23 Å². The van der Waals surface area contributed by atoms with Gasteiger partial charge in [0.05, 0.1) is 0 Å². The lowest BCUT2D eigenvalue weighted by Gasteiger charge is -2.58. The van der Waals surface area contributed by atoms with E-state index in [0.29, 0.717) is 5.92 Å². The molecule has 0 saturated heterocycles. The van der Waals surface area contributed by atoms with E-state index in [2.05, 4.69) is 91.9 Å². The predicted octanol–water partition coefficient (Wildman–Crippen LogP) is 8.20. The van der Waals surface area contributed by atoms with Gasteiger partial charge in [0, 0.05) is 22.3 Å². The second-order valence-corrected chi connectivity index (χ2v) is 9.64. The molecule has 3 atom stereocenters. The minimum Gasteiger partial charge on any atom is -0.481 e. The monoisotopic (exact) mass is 406 g/mol. The SMILES string of the molecule is CCCC12CC=CC(CCC1)C21C=Cc2ccc3c(-c4ccccc4)cccc3c2O1. The van der Waals surface area contributed by atoms with Crippen LogP contribution in [0.15, 0.2) is 78.9 Å². The van der Waals surface area contributed by atoms with Crippen LogP contribution < -0.4 is 4.74 Å². The van der Waals surface area contributed by atoms with E-state index in [1.165, 1.54) is 59.6 Å². The Morgan fingerprint density at radius 2 is 1.87 bits per heavy atom. The number of hydrogen-bond acceptors (Lipinski definition) is 1. The summed E-state index contributed by atoms with van der Waals surface area (Å²) in [4.78, 5) is 0. The lowest BCUT2D eigenvalue weighted by molar-refractivity contribution is -0.0947. The van der Waals surface area contributed by atoms with E-state index in [4.69, 9.17) is 4.74 Å². The van der Waals surface area contributed by atoms with Crippen molar-refractivity contribution in [3.8, 4) is 16.9 Å². The van der Waals surface area contributed by atoms with E-state index in [1.807, 2.05) is 0 Å². The standard InChI is InChI=1S/C30H30O/c1-2-18-29-19-7-11-24(12-8-20-29)30(29)21-17-23-15-16-26-25(22-9-4-3-5-10-22)13-6-14-27(26)28(23)31-30/h3-7,9-11,13-17,21,24H,2,8,12,18-20H2,1H3. The first-order chi connectivity index (χ1) is 15.3. The minimum absolute atomic E-state index is 0.208. The summed E-state index contributed by atoms with van der Waals surface area (Å²) in [5, 5.41) is 2.51. The average Bonchev–Trinajstić information content (AvgIpc) is 2.80. The normalized spacial score (nSPS) is 28.5. The molecule has 1 heteroatoms. The molecule has 2 bridgehead atoms. The van der Waals surface area contributed by atoms with E-state index >= 15 is 0 Å². The minimum atomic E-state index is -0.208. The Hall–Kier alpha value is -2.80. The fourth-order valence-corrected chi connectivity index (χ4v) is 6.69. The molecule has 6 rings (SSSR count). The fraction of sp³-hybridized carbons (Fsp3) is 0.333. The van der Waals surface area contributed by atoms with Gasteiger partial charge in [-0.3, -0.25) is 0 Å². The van der Waals surface area contributed by atoms with Crippen LogP contribution in [0.1, 0.15) is 51.0 Å². The first-order valence-corrected chi connectivity index (χ1v) is 11.9. The van der Waals surface area contributed by atoms with Crippen LogP contribution in [0.25, 0.3) is 28.0 Å². The van der Waals surface area contributed by atoms with Crippen LogP contribution >= 0.6 is 0 Å². The zero-order valence-electron chi connectivity index (χ0n) is 18.3. The molecular weight excluding hydrogens is 376 g/mol. The molecule has 1 spiro atoms. The summed E-state index contributed by atoms with van der Waals surface area (Å²) in [5.41, 5.74) is 3.75. The Labute approximate surface area is 185 Å². The van der Waals surface area contributed by atoms with Gasteiger partial charge in [0.15, 0.2) is 0 Å². The lowest BCUT2D eigenvalue weighted by Crippen LogP contribution is -2.60. The molecule has 0 aromatic heterocycles. The van der Waals surface area contributed by atoms with Crippen molar-refractivity contribution in [1.82, 2.24) is 0 Å². The zero-order valence-corrected chi connectivity index (χ0v) is 18.3. The summed E-state index contributed by atoms with van der Waals surface area (Å²) < 4.78 is 7.25. The van der Waals surface area contributed by atoms with Crippen molar-refractivity contribution >= 4 is 16.8 Å². The maximum absolute atomic E-state index is 7.25. The van der Waals surface area contributed by atoms with Crippen molar-refractivity contribution < 1.29 is 4.74 Å². The smallest absolute Gasteiger partial charge is 0.140 e. The van der Waals surface area contributed by atoms with Crippen molar-refractivity contribution in [3.63, 3.8) is 0 Å². The van der Waals surface area contributed by atoms with Crippen LogP contribution in [0.2, 0.25) is 0 Å². The molecule has 1 fully saturated rings. The van der Waals surface area contributed by atoms with Crippen molar-refractivity contribution in [1.29, 1.82) is 0 Å². The van der Waals surface area contributed by atoms with Gasteiger partial charge < -0.3 is 4.74 Å². The van der Waals surface area contributed by atoms with Gasteiger partial charge in [0.2, 0.25) is 0 Å². The molecule has 31 heavy (non-hydrogen) atoms. The second kappa shape index (κ2) is 7.12. The molecule has 2 aliphatic carbocycles.